The lowest BCUT2D eigenvalue weighted by Crippen LogP contribution is -2.14. The van der Waals surface area contributed by atoms with E-state index in [1.165, 1.54) is 28.9 Å². The number of hydrogen-bond donors (Lipinski definition) is 1. The monoisotopic (exact) mass is 415 g/mol. The zero-order chi connectivity index (χ0) is 20.7. The van der Waals surface area contributed by atoms with E-state index < -0.39 is 5.82 Å². The maximum absolute atomic E-state index is 14.5. The van der Waals surface area contributed by atoms with Gasteiger partial charge in [0.1, 0.15) is 5.82 Å². The zero-order valence-electron chi connectivity index (χ0n) is 15.6. The van der Waals surface area contributed by atoms with Crippen LogP contribution >= 0.6 is 11.6 Å². The lowest BCUT2D eigenvalue weighted by Gasteiger charge is -2.07. The highest BCUT2D eigenvalue weighted by Crippen LogP contribution is 2.33. The summed E-state index contributed by atoms with van der Waals surface area (Å²) < 4.78 is 15.7. The van der Waals surface area contributed by atoms with E-state index in [9.17, 15) is 9.18 Å². The molecule has 2 aromatic heterocycles. The van der Waals surface area contributed by atoms with Crippen LogP contribution in [0.25, 0.3) is 39.2 Å². The van der Waals surface area contributed by atoms with E-state index in [-0.39, 0.29) is 16.1 Å². The number of hydrogen-bond acceptors (Lipinski definition) is 2. The predicted octanol–water partition coefficient (Wildman–Crippen LogP) is 5.82. The molecule has 0 aliphatic carbocycles. The second-order valence-electron chi connectivity index (χ2n) is 6.87. The fourth-order valence-electron chi connectivity index (χ4n) is 3.53. The number of halogens is 2. The third-order valence-electron chi connectivity index (χ3n) is 5.02. The standard InChI is InChI=1S/C24H15ClFN3O/c25-19-7-4-8-20(26)23(19)18-14-27-29-22(30)13-21(28-24(18)29)17-11-9-16(10-12-17)15-5-2-1-3-6-15/h1-14,27H. The molecule has 4 nitrogen and oxygen atoms in total. The number of fused-ring (bicyclic) bond motifs is 1. The summed E-state index contributed by atoms with van der Waals surface area (Å²) >= 11 is 6.22. The molecular formula is C24H15ClFN3O. The minimum Gasteiger partial charge on any atom is -0.296 e. The van der Waals surface area contributed by atoms with Gasteiger partial charge in [0.2, 0.25) is 0 Å². The van der Waals surface area contributed by atoms with Gasteiger partial charge in [-0.1, -0.05) is 72.3 Å². The topological polar surface area (TPSA) is 50.2 Å². The molecule has 0 saturated carbocycles. The van der Waals surface area contributed by atoms with Crippen LogP contribution in [0.4, 0.5) is 4.39 Å². The van der Waals surface area contributed by atoms with Crippen molar-refractivity contribution in [3.8, 4) is 33.5 Å². The van der Waals surface area contributed by atoms with Crippen LogP contribution in [0.15, 0.2) is 89.9 Å². The Labute approximate surface area is 176 Å². The largest absolute Gasteiger partial charge is 0.296 e. The molecule has 0 saturated heterocycles. The normalized spacial score (nSPS) is 11.1. The van der Waals surface area contributed by atoms with Crippen molar-refractivity contribution in [3.63, 3.8) is 0 Å². The molecule has 1 N–H and O–H groups in total. The predicted molar refractivity (Wildman–Crippen MR) is 117 cm³/mol. The van der Waals surface area contributed by atoms with Crippen LogP contribution in [0.5, 0.6) is 0 Å². The Bertz CT molecular complexity index is 1400. The summed E-state index contributed by atoms with van der Waals surface area (Å²) in [4.78, 5) is 17.3. The Hall–Kier alpha value is -3.70. The summed E-state index contributed by atoms with van der Waals surface area (Å²) in [5, 5.41) is 3.09. The molecule has 3 aromatic carbocycles. The first-order valence-electron chi connectivity index (χ1n) is 9.33. The number of H-pyrrole nitrogens is 1. The maximum atomic E-state index is 14.5. The van der Waals surface area contributed by atoms with Crippen molar-refractivity contribution in [1.82, 2.24) is 14.6 Å². The van der Waals surface area contributed by atoms with E-state index in [0.29, 0.717) is 16.9 Å². The Kier molecular flexibility index (Phi) is 4.45. The van der Waals surface area contributed by atoms with E-state index in [1.807, 2.05) is 54.6 Å². The van der Waals surface area contributed by atoms with E-state index in [0.717, 1.165) is 16.7 Å². The molecule has 0 aliphatic heterocycles. The van der Waals surface area contributed by atoms with Crippen molar-refractivity contribution in [2.45, 2.75) is 0 Å². The molecule has 6 heteroatoms. The first kappa shape index (κ1) is 18.3. The van der Waals surface area contributed by atoms with E-state index in [1.54, 1.807) is 6.07 Å². The van der Waals surface area contributed by atoms with Crippen molar-refractivity contribution < 1.29 is 4.39 Å². The smallest absolute Gasteiger partial charge is 0.273 e. The van der Waals surface area contributed by atoms with Gasteiger partial charge in [-0.3, -0.25) is 9.89 Å². The lowest BCUT2D eigenvalue weighted by molar-refractivity contribution is 0.631. The van der Waals surface area contributed by atoms with Crippen molar-refractivity contribution >= 4 is 17.2 Å². The molecule has 0 bridgehead atoms. The molecule has 30 heavy (non-hydrogen) atoms. The number of benzene rings is 3. The van der Waals surface area contributed by atoms with Gasteiger partial charge in [0, 0.05) is 29.0 Å². The van der Waals surface area contributed by atoms with Crippen LogP contribution in [0.1, 0.15) is 0 Å². The summed E-state index contributed by atoms with van der Waals surface area (Å²) in [5.74, 6) is -0.476. The van der Waals surface area contributed by atoms with Gasteiger partial charge in [0.15, 0.2) is 5.65 Å². The van der Waals surface area contributed by atoms with Crippen LogP contribution in [-0.2, 0) is 0 Å². The first-order chi connectivity index (χ1) is 14.6. The molecule has 2 heterocycles. The SMILES string of the molecule is O=c1cc(-c2ccc(-c3ccccc3)cc2)nc2c(-c3c(F)cccc3Cl)c[nH]n12. The van der Waals surface area contributed by atoms with Crippen LogP contribution in [0.3, 0.4) is 0 Å². The molecule has 0 unspecified atom stereocenters. The van der Waals surface area contributed by atoms with Gasteiger partial charge in [-0.2, -0.15) is 0 Å². The molecule has 0 atom stereocenters. The van der Waals surface area contributed by atoms with E-state index in [2.05, 4.69) is 10.1 Å². The fraction of sp³-hybridized carbons (Fsp3) is 0. The van der Waals surface area contributed by atoms with Gasteiger partial charge >= 0.3 is 0 Å². The quantitative estimate of drug-likeness (QED) is 0.404. The molecule has 5 rings (SSSR count). The van der Waals surface area contributed by atoms with E-state index >= 15 is 0 Å². The fourth-order valence-corrected chi connectivity index (χ4v) is 3.80. The number of nitrogens with one attached hydrogen (secondary N) is 1. The van der Waals surface area contributed by atoms with Gasteiger partial charge in [-0.25, -0.2) is 13.9 Å². The number of rotatable bonds is 3. The summed E-state index contributed by atoms with van der Waals surface area (Å²) in [7, 11) is 0. The minimum absolute atomic E-state index is 0.210. The highest BCUT2D eigenvalue weighted by molar-refractivity contribution is 6.33. The maximum Gasteiger partial charge on any atom is 0.273 e. The zero-order valence-corrected chi connectivity index (χ0v) is 16.4. The van der Waals surface area contributed by atoms with Crippen molar-refractivity contribution in [2.24, 2.45) is 0 Å². The number of aromatic amines is 1. The second-order valence-corrected chi connectivity index (χ2v) is 7.27. The Morgan fingerprint density at radius 1 is 0.867 bits per heavy atom. The van der Waals surface area contributed by atoms with Gasteiger partial charge in [-0.15, -0.1) is 0 Å². The van der Waals surface area contributed by atoms with Gasteiger partial charge in [-0.05, 0) is 23.3 Å². The summed E-state index contributed by atoms with van der Waals surface area (Å²) in [6, 6.07) is 23.8. The molecule has 0 radical (unpaired) electrons. The lowest BCUT2D eigenvalue weighted by atomic mass is 10.0. The summed E-state index contributed by atoms with van der Waals surface area (Å²) in [6.45, 7) is 0. The van der Waals surface area contributed by atoms with Crippen molar-refractivity contribution in [1.29, 1.82) is 0 Å². The highest BCUT2D eigenvalue weighted by Gasteiger charge is 2.17. The number of aromatic nitrogens is 3. The Morgan fingerprint density at radius 3 is 2.30 bits per heavy atom. The summed E-state index contributed by atoms with van der Waals surface area (Å²) in [5.41, 5.74) is 4.14. The summed E-state index contributed by atoms with van der Waals surface area (Å²) in [6.07, 6.45) is 1.54. The van der Waals surface area contributed by atoms with Crippen molar-refractivity contribution in [2.75, 3.05) is 0 Å². The third-order valence-corrected chi connectivity index (χ3v) is 5.33. The van der Waals surface area contributed by atoms with Gasteiger partial charge in [0.05, 0.1) is 10.7 Å². The van der Waals surface area contributed by atoms with E-state index in [4.69, 9.17) is 11.6 Å². The van der Waals surface area contributed by atoms with Crippen LogP contribution < -0.4 is 5.56 Å². The average Bonchev–Trinajstić information content (AvgIpc) is 3.19. The molecule has 0 aliphatic rings. The van der Waals surface area contributed by atoms with Gasteiger partial charge in [0.25, 0.3) is 5.56 Å². The minimum atomic E-state index is -0.476. The molecular weight excluding hydrogens is 401 g/mol. The highest BCUT2D eigenvalue weighted by atomic mass is 35.5. The first-order valence-corrected chi connectivity index (χ1v) is 9.71. The van der Waals surface area contributed by atoms with Crippen LogP contribution in [-0.4, -0.2) is 14.6 Å². The molecule has 5 aromatic rings. The average molecular weight is 416 g/mol. The third kappa shape index (κ3) is 3.09. The van der Waals surface area contributed by atoms with Crippen LogP contribution in [0.2, 0.25) is 5.02 Å². The van der Waals surface area contributed by atoms with Gasteiger partial charge < -0.3 is 0 Å². The Balaban J connectivity index is 1.64. The molecule has 0 fully saturated rings. The number of nitrogens with zero attached hydrogens (tertiary/aromatic N) is 2. The Morgan fingerprint density at radius 2 is 1.57 bits per heavy atom. The molecule has 146 valence electrons. The second kappa shape index (κ2) is 7.28. The van der Waals surface area contributed by atoms with Crippen molar-refractivity contribution in [3.05, 3.63) is 106 Å². The van der Waals surface area contributed by atoms with Crippen LogP contribution in [0, 0.1) is 5.82 Å². The molecule has 0 spiro atoms. The molecule has 0 amide bonds.